The first-order valence-corrected chi connectivity index (χ1v) is 11.2. The molecule has 0 radical (unpaired) electrons. The van der Waals surface area contributed by atoms with Crippen LogP contribution >= 0.6 is 0 Å². The molecule has 0 fully saturated rings. The Morgan fingerprint density at radius 1 is 0.938 bits per heavy atom. The van der Waals surface area contributed by atoms with E-state index in [1.54, 1.807) is 32.0 Å². The predicted molar refractivity (Wildman–Crippen MR) is 125 cm³/mol. The van der Waals surface area contributed by atoms with Gasteiger partial charge in [0.1, 0.15) is 22.7 Å². The summed E-state index contributed by atoms with van der Waals surface area (Å²) in [5.41, 5.74) is 4.34. The summed E-state index contributed by atoms with van der Waals surface area (Å²) in [5.74, 6) is 0.413. The number of hydrogen-bond donors (Lipinski definition) is 0. The minimum absolute atomic E-state index is 0. The first kappa shape index (κ1) is 26.6. The second kappa shape index (κ2) is 11.0. The molecule has 8 heteroatoms. The fourth-order valence-electron chi connectivity index (χ4n) is 3.85. The second-order valence-corrected chi connectivity index (χ2v) is 9.02. The van der Waals surface area contributed by atoms with Gasteiger partial charge in [-0.3, -0.25) is 0 Å². The Morgan fingerprint density at radius 2 is 1.53 bits per heavy atom. The van der Waals surface area contributed by atoms with E-state index in [1.807, 2.05) is 55.5 Å². The molecule has 0 saturated carbocycles. The van der Waals surface area contributed by atoms with Gasteiger partial charge in [-0.15, -0.1) is 5.69 Å². The summed E-state index contributed by atoms with van der Waals surface area (Å²) in [6.07, 6.45) is 0. The third kappa shape index (κ3) is 5.65. The number of rotatable bonds is 5. The van der Waals surface area contributed by atoms with Gasteiger partial charge in [0.25, 0.3) is 0 Å². The van der Waals surface area contributed by atoms with E-state index in [9.17, 15) is 8.42 Å². The molecule has 0 spiro atoms. The first-order valence-electron chi connectivity index (χ1n) is 9.76. The fraction of sp³-hybridized carbons (Fsp3) is 0.208. The van der Waals surface area contributed by atoms with Crippen LogP contribution in [0.1, 0.15) is 33.9 Å². The van der Waals surface area contributed by atoms with E-state index in [1.165, 1.54) is 0 Å². The summed E-state index contributed by atoms with van der Waals surface area (Å²) in [6.45, 7) is 5.95. The zero-order valence-electron chi connectivity index (χ0n) is 18.2. The van der Waals surface area contributed by atoms with Crippen molar-refractivity contribution < 1.29 is 37.1 Å². The van der Waals surface area contributed by atoms with Crippen LogP contribution in [0.4, 0.5) is 5.69 Å². The van der Waals surface area contributed by atoms with E-state index >= 15 is 0 Å². The standard InChI is InChI=1S/C24H23N2O3S.HI.Mg/c1-16-13-17(2)23(18(3)14-16)30(27,28)26-21-12-8-7-11-20(21)24-25-22(15-29-24)19-9-5-4-6-10-19;;/h4-14,22H,15H2,1-3H3;1H;/q-1;;+2/p-1/t22-;;/m0../s1. The van der Waals surface area contributed by atoms with Crippen molar-refractivity contribution in [3.05, 3.63) is 99.3 Å². The monoisotopic (exact) mass is 570 g/mol. The number of halogens is 1. The number of sulfonamides is 1. The van der Waals surface area contributed by atoms with E-state index in [4.69, 9.17) is 4.74 Å². The Bertz CT molecular complexity index is 1210. The first-order chi connectivity index (χ1) is 14.3. The van der Waals surface area contributed by atoms with E-state index in [-0.39, 0.29) is 58.0 Å². The summed E-state index contributed by atoms with van der Waals surface area (Å²) in [4.78, 5) is 4.93. The van der Waals surface area contributed by atoms with Gasteiger partial charge in [-0.2, -0.15) is 0 Å². The Kier molecular flexibility index (Phi) is 9.15. The van der Waals surface area contributed by atoms with Gasteiger partial charge in [-0.1, -0.05) is 72.3 Å². The minimum atomic E-state index is -3.89. The number of hydrogen-bond acceptors (Lipinski definition) is 4. The smallest absolute Gasteiger partial charge is 1.00 e. The predicted octanol–water partition coefficient (Wildman–Crippen LogP) is 2.15. The van der Waals surface area contributed by atoms with Gasteiger partial charge in [0.2, 0.25) is 5.90 Å². The van der Waals surface area contributed by atoms with Crippen molar-refractivity contribution in [2.45, 2.75) is 31.7 Å². The molecule has 0 amide bonds. The van der Waals surface area contributed by atoms with Crippen LogP contribution in [-0.2, 0) is 14.8 Å². The molecule has 0 saturated heterocycles. The molecule has 4 rings (SSSR count). The maximum absolute atomic E-state index is 13.2. The quantitative estimate of drug-likeness (QED) is 0.349. The van der Waals surface area contributed by atoms with Gasteiger partial charge in [0.05, 0.1) is 4.90 Å². The number of ether oxygens (including phenoxy) is 1. The molecule has 0 N–H and O–H groups in total. The maximum Gasteiger partial charge on any atom is 2.00 e. The molecule has 0 aliphatic carbocycles. The molecule has 32 heavy (non-hydrogen) atoms. The van der Waals surface area contributed by atoms with Crippen LogP contribution in [-0.4, -0.2) is 44.0 Å². The van der Waals surface area contributed by atoms with Crippen LogP contribution in [0, 0.1) is 20.8 Å². The molecular weight excluding hydrogens is 548 g/mol. The van der Waals surface area contributed by atoms with Crippen molar-refractivity contribution in [1.29, 1.82) is 0 Å². The van der Waals surface area contributed by atoms with Crippen molar-refractivity contribution >= 4 is 44.7 Å². The zero-order chi connectivity index (χ0) is 21.3. The van der Waals surface area contributed by atoms with Crippen LogP contribution in [0.25, 0.3) is 4.72 Å². The van der Waals surface area contributed by atoms with E-state index in [2.05, 4.69) is 9.71 Å². The van der Waals surface area contributed by atoms with Gasteiger partial charge >= 0.3 is 23.1 Å². The molecule has 0 bridgehead atoms. The average Bonchev–Trinajstić information content (AvgIpc) is 3.17. The van der Waals surface area contributed by atoms with Crippen LogP contribution < -0.4 is 24.0 Å². The average molecular weight is 571 g/mol. The number of benzene rings is 3. The third-order valence-electron chi connectivity index (χ3n) is 5.05. The molecule has 1 aliphatic rings. The van der Waals surface area contributed by atoms with Crippen LogP contribution in [0.5, 0.6) is 0 Å². The molecule has 3 aromatic carbocycles. The van der Waals surface area contributed by atoms with Gasteiger partial charge < -0.3 is 33.4 Å². The molecule has 3 aromatic rings. The van der Waals surface area contributed by atoms with Gasteiger partial charge in [0.15, 0.2) is 0 Å². The van der Waals surface area contributed by atoms with E-state index in [0.29, 0.717) is 34.9 Å². The normalized spacial score (nSPS) is 15.1. The van der Waals surface area contributed by atoms with Crippen LogP contribution in [0.15, 0.2) is 76.6 Å². The Balaban J connectivity index is 0.00000181. The SMILES string of the molecule is Cc1cc(C)c(S(=O)(=O)[N-]c2ccccc2C2=N[C@H](c3ccccc3)CO2)c(C)c1.[I-].[Mg+2]. The van der Waals surface area contributed by atoms with Crippen molar-refractivity contribution in [2.75, 3.05) is 6.61 Å². The fourth-order valence-corrected chi connectivity index (χ4v) is 5.29. The summed E-state index contributed by atoms with van der Waals surface area (Å²) < 4.78 is 36.3. The second-order valence-electron chi connectivity index (χ2n) is 7.48. The van der Waals surface area contributed by atoms with E-state index in [0.717, 1.165) is 11.1 Å². The van der Waals surface area contributed by atoms with Crippen LogP contribution in [0.3, 0.4) is 0 Å². The van der Waals surface area contributed by atoms with Crippen molar-refractivity contribution in [3.8, 4) is 0 Å². The molecule has 0 aromatic heterocycles. The topological polar surface area (TPSA) is 69.8 Å². The Hall–Kier alpha value is -1.62. The molecule has 1 aliphatic heterocycles. The number of aliphatic imine (C=N–C) groups is 1. The summed E-state index contributed by atoms with van der Waals surface area (Å²) in [6, 6.07) is 20.5. The number of nitrogens with zero attached hydrogens (tertiary/aromatic N) is 2. The largest absolute Gasteiger partial charge is 2.00 e. The molecular formula is C24H23IMgN2O3S. The van der Waals surface area contributed by atoms with Gasteiger partial charge in [0, 0.05) is 5.56 Å². The zero-order valence-corrected chi connectivity index (χ0v) is 22.6. The van der Waals surface area contributed by atoms with Crippen LogP contribution in [0.2, 0.25) is 0 Å². The van der Waals surface area contributed by atoms with Gasteiger partial charge in [-0.05, 0) is 37.5 Å². The molecule has 162 valence electrons. The summed E-state index contributed by atoms with van der Waals surface area (Å²) >= 11 is 0. The molecule has 5 nitrogen and oxygen atoms in total. The number of aryl methyl sites for hydroxylation is 3. The molecule has 1 heterocycles. The van der Waals surface area contributed by atoms with Gasteiger partial charge in [-0.25, -0.2) is 13.4 Å². The minimum Gasteiger partial charge on any atom is -1.00 e. The maximum atomic E-state index is 13.2. The Labute approximate surface area is 222 Å². The van der Waals surface area contributed by atoms with Crippen molar-refractivity contribution in [3.63, 3.8) is 0 Å². The third-order valence-corrected chi connectivity index (χ3v) is 6.65. The Morgan fingerprint density at radius 3 is 2.19 bits per heavy atom. The van der Waals surface area contributed by atoms with Crippen molar-refractivity contribution in [1.82, 2.24) is 0 Å². The molecule has 1 atom stereocenters. The summed E-state index contributed by atoms with van der Waals surface area (Å²) in [7, 11) is -3.89. The summed E-state index contributed by atoms with van der Waals surface area (Å²) in [5, 5.41) is 0. The van der Waals surface area contributed by atoms with Crippen molar-refractivity contribution in [2.24, 2.45) is 4.99 Å². The molecule has 0 unspecified atom stereocenters. The van der Waals surface area contributed by atoms with E-state index < -0.39 is 10.0 Å².